The van der Waals surface area contributed by atoms with Crippen LogP contribution in [-0.2, 0) is 19.1 Å². The number of allylic oxidation sites excluding steroid dienone is 1. The molecular formula is C35H28F3O5P. The van der Waals surface area contributed by atoms with Crippen molar-refractivity contribution in [2.24, 2.45) is 0 Å². The maximum Gasteiger partial charge on any atom is 0.417 e. The van der Waals surface area contributed by atoms with Crippen LogP contribution in [0.25, 0.3) is 0 Å². The number of carbonyl (C=O) groups excluding carboxylic acids is 3. The number of esters is 2. The van der Waals surface area contributed by atoms with Crippen LogP contribution in [0.5, 0.6) is 0 Å². The summed E-state index contributed by atoms with van der Waals surface area (Å²) in [6.45, 7) is -3.35. The van der Waals surface area contributed by atoms with E-state index >= 15 is 0 Å². The smallest absolute Gasteiger partial charge is 0.417 e. The fourth-order valence-electron chi connectivity index (χ4n) is 4.84. The molecule has 0 aliphatic carbocycles. The normalized spacial score (nSPS) is 12.3. The van der Waals surface area contributed by atoms with Gasteiger partial charge >= 0.3 is 18.1 Å². The van der Waals surface area contributed by atoms with Crippen LogP contribution in [0.4, 0.5) is 13.2 Å². The van der Waals surface area contributed by atoms with Crippen LogP contribution in [0.2, 0.25) is 0 Å². The number of methoxy groups -OCH3 is 2. The molecule has 0 aromatic heterocycles. The minimum absolute atomic E-state index is 0.0182. The number of ether oxygens (including phenoxy) is 2. The van der Waals surface area contributed by atoms with Crippen LogP contribution >= 0.6 is 6.89 Å². The first-order chi connectivity index (χ1) is 21.1. The first-order valence-corrected chi connectivity index (χ1v) is 15.1. The minimum Gasteiger partial charge on any atom is -0.465 e. The molecule has 0 N–H and O–H groups in total. The van der Waals surface area contributed by atoms with Gasteiger partial charge in [0.25, 0.3) is 0 Å². The van der Waals surface area contributed by atoms with Crippen molar-refractivity contribution in [2.45, 2.75) is 6.18 Å². The minimum atomic E-state index is -5.18. The summed E-state index contributed by atoms with van der Waals surface area (Å²) in [5.74, 6) is -3.32. The van der Waals surface area contributed by atoms with Crippen molar-refractivity contribution in [1.82, 2.24) is 0 Å². The Kier molecular flexibility index (Phi) is 10.2. The van der Waals surface area contributed by atoms with Crippen LogP contribution in [0.3, 0.4) is 0 Å². The molecule has 0 radical (unpaired) electrons. The summed E-state index contributed by atoms with van der Waals surface area (Å²) in [6.07, 6.45) is -3.96. The molecule has 0 aliphatic rings. The SMILES string of the molecule is COC(=O)C(/C=C(C(=O)OC)/C(=C/C(=O)c1ccccc1)C(F)(F)F)=P(c1ccccc1)(c1ccccc1)c1ccccc1. The van der Waals surface area contributed by atoms with E-state index in [0.717, 1.165) is 20.3 Å². The molecule has 4 rings (SSSR count). The molecule has 0 amide bonds. The first kappa shape index (κ1) is 32.0. The predicted octanol–water partition coefficient (Wildman–Crippen LogP) is 5.80. The second-order valence-electron chi connectivity index (χ2n) is 9.39. The van der Waals surface area contributed by atoms with E-state index in [2.05, 4.69) is 0 Å². The lowest BCUT2D eigenvalue weighted by Gasteiger charge is -2.31. The molecule has 0 fully saturated rings. The zero-order valence-electron chi connectivity index (χ0n) is 23.8. The van der Waals surface area contributed by atoms with Gasteiger partial charge in [0.2, 0.25) is 0 Å². The van der Waals surface area contributed by atoms with E-state index in [1.54, 1.807) is 97.1 Å². The van der Waals surface area contributed by atoms with Crippen molar-refractivity contribution in [3.8, 4) is 0 Å². The summed E-state index contributed by atoms with van der Waals surface area (Å²) in [5, 5.41) is 1.66. The van der Waals surface area contributed by atoms with Crippen molar-refractivity contribution < 1.29 is 37.0 Å². The standard InChI is InChI=1S/C35H28F3O5P/c1-42-33(40)29(30(35(36,37)38)24-31(39)25-15-7-3-8-16-25)23-32(34(41)43-2)44(26-17-9-4-10-18-26,27-19-11-5-12-20-27)28-21-13-6-14-22-28/h3-24H,1-2H3/b29-23-,30-24-. The van der Waals surface area contributed by atoms with Gasteiger partial charge in [-0.05, 0) is 35.0 Å². The molecule has 0 heterocycles. The first-order valence-electron chi connectivity index (χ1n) is 13.3. The molecule has 44 heavy (non-hydrogen) atoms. The molecule has 4 aromatic carbocycles. The number of alkyl halides is 3. The van der Waals surface area contributed by atoms with Gasteiger partial charge in [0, 0.05) is 5.56 Å². The van der Waals surface area contributed by atoms with Crippen molar-refractivity contribution in [3.63, 3.8) is 0 Å². The molecule has 0 spiro atoms. The highest BCUT2D eigenvalue weighted by Gasteiger charge is 2.41. The highest BCUT2D eigenvalue weighted by Crippen LogP contribution is 2.47. The molecule has 224 valence electrons. The van der Waals surface area contributed by atoms with E-state index in [-0.39, 0.29) is 10.9 Å². The average molecular weight is 617 g/mol. The Morgan fingerprint density at radius 1 is 0.591 bits per heavy atom. The van der Waals surface area contributed by atoms with Crippen molar-refractivity contribution in [2.75, 3.05) is 14.2 Å². The number of hydrogen-bond donors (Lipinski definition) is 0. The van der Waals surface area contributed by atoms with E-state index in [1.165, 1.54) is 24.3 Å². The third-order valence-corrected chi connectivity index (χ3v) is 11.1. The fourth-order valence-corrected chi connectivity index (χ4v) is 9.11. The summed E-state index contributed by atoms with van der Waals surface area (Å²) < 4.78 is 54.3. The lowest BCUT2D eigenvalue weighted by atomic mass is 10.00. The van der Waals surface area contributed by atoms with Crippen LogP contribution in [-0.4, -0.2) is 43.4 Å². The van der Waals surface area contributed by atoms with E-state index < -0.39 is 41.9 Å². The lowest BCUT2D eigenvalue weighted by molar-refractivity contribution is -0.137. The van der Waals surface area contributed by atoms with Gasteiger partial charge in [-0.15, -0.1) is 0 Å². The molecule has 0 bridgehead atoms. The maximum atomic E-state index is 14.8. The molecule has 0 saturated carbocycles. The Hall–Kier alpha value is -4.94. The van der Waals surface area contributed by atoms with Crippen molar-refractivity contribution in [1.29, 1.82) is 0 Å². The quantitative estimate of drug-likeness (QED) is 0.0783. The number of halogens is 3. The highest BCUT2D eigenvalue weighted by atomic mass is 31.2. The third kappa shape index (κ3) is 6.66. The number of hydrogen-bond acceptors (Lipinski definition) is 5. The average Bonchev–Trinajstić information content (AvgIpc) is 3.06. The molecule has 0 saturated heterocycles. The van der Waals surface area contributed by atoms with Crippen LogP contribution in [0, 0.1) is 0 Å². The molecule has 9 heteroatoms. The summed E-state index contributed by atoms with van der Waals surface area (Å²) in [6, 6.07) is 33.9. The molecule has 0 atom stereocenters. The monoisotopic (exact) mass is 616 g/mol. The second-order valence-corrected chi connectivity index (χ2v) is 12.8. The van der Waals surface area contributed by atoms with Crippen molar-refractivity contribution in [3.05, 3.63) is 150 Å². The van der Waals surface area contributed by atoms with Gasteiger partial charge in [-0.25, -0.2) is 9.59 Å². The molecule has 0 aliphatic heterocycles. The summed E-state index contributed by atoms with van der Waals surface area (Å²) in [4.78, 5) is 40.1. The Bertz CT molecular complexity index is 1640. The Labute approximate surface area is 253 Å². The van der Waals surface area contributed by atoms with E-state index in [4.69, 9.17) is 9.47 Å². The Morgan fingerprint density at radius 2 is 0.977 bits per heavy atom. The van der Waals surface area contributed by atoms with Gasteiger partial charge < -0.3 is 9.47 Å². The van der Waals surface area contributed by atoms with Crippen LogP contribution in [0.15, 0.2) is 145 Å². The number of ketones is 1. The van der Waals surface area contributed by atoms with E-state index in [9.17, 15) is 27.6 Å². The molecule has 5 nitrogen and oxygen atoms in total. The largest absolute Gasteiger partial charge is 0.465 e. The Morgan fingerprint density at radius 3 is 1.34 bits per heavy atom. The fraction of sp³-hybridized carbons (Fsp3) is 0.0857. The number of carbonyl (C=O) groups is 3. The van der Waals surface area contributed by atoms with E-state index in [1.807, 2.05) is 0 Å². The zero-order valence-corrected chi connectivity index (χ0v) is 24.7. The predicted molar refractivity (Wildman–Crippen MR) is 167 cm³/mol. The van der Waals surface area contributed by atoms with Gasteiger partial charge in [0.15, 0.2) is 5.78 Å². The third-order valence-electron chi connectivity index (χ3n) is 6.80. The van der Waals surface area contributed by atoms with Gasteiger partial charge in [0.1, 0.15) is 0 Å². The maximum absolute atomic E-state index is 14.8. The molecular weight excluding hydrogens is 588 g/mol. The van der Waals surface area contributed by atoms with E-state index in [0.29, 0.717) is 22.0 Å². The number of rotatable bonds is 9. The topological polar surface area (TPSA) is 69.7 Å². The van der Waals surface area contributed by atoms with Crippen LogP contribution in [0.1, 0.15) is 10.4 Å². The summed E-state index contributed by atoms with van der Waals surface area (Å²) >= 11 is 0. The van der Waals surface area contributed by atoms with Gasteiger partial charge in [-0.1, -0.05) is 121 Å². The highest BCUT2D eigenvalue weighted by molar-refractivity contribution is 7.96. The van der Waals surface area contributed by atoms with Gasteiger partial charge in [-0.3, -0.25) is 4.79 Å². The number of benzene rings is 4. The summed E-state index contributed by atoms with van der Waals surface area (Å²) in [5.41, 5.74) is -2.60. The van der Waals surface area contributed by atoms with Crippen LogP contribution < -0.4 is 15.9 Å². The summed E-state index contributed by atoms with van der Waals surface area (Å²) in [7, 11) is 2.04. The molecule has 4 aromatic rings. The Balaban J connectivity index is 2.26. The molecule has 0 unspecified atom stereocenters. The zero-order chi connectivity index (χ0) is 31.7. The second kappa shape index (κ2) is 14.0. The lowest BCUT2D eigenvalue weighted by Crippen LogP contribution is -2.34. The van der Waals surface area contributed by atoms with Gasteiger partial charge in [0.05, 0.1) is 30.7 Å². The van der Waals surface area contributed by atoms with Gasteiger partial charge in [-0.2, -0.15) is 13.2 Å². The van der Waals surface area contributed by atoms with Crippen molar-refractivity contribution >= 4 is 45.8 Å².